The highest BCUT2D eigenvalue weighted by Crippen LogP contribution is 2.10. The zero-order chi connectivity index (χ0) is 15.0. The van der Waals surface area contributed by atoms with Crippen LogP contribution in [0.2, 0.25) is 0 Å². The van der Waals surface area contributed by atoms with Crippen LogP contribution in [0.3, 0.4) is 0 Å². The molecule has 0 heterocycles. The van der Waals surface area contributed by atoms with E-state index in [1.54, 1.807) is 31.2 Å². The second-order valence-corrected chi connectivity index (χ2v) is 6.26. The molecule has 0 saturated heterocycles. The maximum Gasteiger partial charge on any atom is 0.240 e. The standard InChI is InChI=1S/C14H22N2O3S/c1-3-5-14(17)15-11-10-12-6-8-13(9-7-12)20(18,19)16-4-2/h6-9,16H,3-5,10-11H2,1-2H3,(H,15,17). The molecule has 0 unspecified atom stereocenters. The Morgan fingerprint density at radius 3 is 2.35 bits per heavy atom. The zero-order valence-corrected chi connectivity index (χ0v) is 12.8. The first-order valence-corrected chi connectivity index (χ1v) is 8.33. The highest BCUT2D eigenvalue weighted by atomic mass is 32.2. The molecule has 6 heteroatoms. The van der Waals surface area contributed by atoms with Crippen LogP contribution in [0.4, 0.5) is 0 Å². The second kappa shape index (κ2) is 8.01. The quantitative estimate of drug-likeness (QED) is 0.762. The van der Waals surface area contributed by atoms with Gasteiger partial charge in [0.2, 0.25) is 15.9 Å². The van der Waals surface area contributed by atoms with Crippen molar-refractivity contribution < 1.29 is 13.2 Å². The predicted molar refractivity (Wildman–Crippen MR) is 78.9 cm³/mol. The summed E-state index contributed by atoms with van der Waals surface area (Å²) in [5.41, 5.74) is 0.997. The smallest absolute Gasteiger partial charge is 0.240 e. The molecule has 0 aliphatic rings. The normalized spacial score (nSPS) is 11.3. The molecule has 0 radical (unpaired) electrons. The Bertz CT molecular complexity index is 524. The first kappa shape index (κ1) is 16.7. The van der Waals surface area contributed by atoms with E-state index in [0.29, 0.717) is 25.9 Å². The number of amides is 1. The van der Waals surface area contributed by atoms with Gasteiger partial charge in [-0.2, -0.15) is 0 Å². The van der Waals surface area contributed by atoms with Crippen LogP contribution in [0.15, 0.2) is 29.2 Å². The molecule has 0 aromatic heterocycles. The third-order valence-electron chi connectivity index (χ3n) is 2.78. The molecule has 0 spiro atoms. The molecule has 20 heavy (non-hydrogen) atoms. The van der Waals surface area contributed by atoms with Gasteiger partial charge in [-0.1, -0.05) is 26.0 Å². The minimum atomic E-state index is -3.39. The third kappa shape index (κ3) is 5.30. The largest absolute Gasteiger partial charge is 0.356 e. The number of hydrogen-bond acceptors (Lipinski definition) is 3. The van der Waals surface area contributed by atoms with Gasteiger partial charge in [0.25, 0.3) is 0 Å². The van der Waals surface area contributed by atoms with Crippen LogP contribution >= 0.6 is 0 Å². The SMILES string of the molecule is CCCC(=O)NCCc1ccc(S(=O)(=O)NCC)cc1. The molecule has 1 aromatic carbocycles. The minimum absolute atomic E-state index is 0.0545. The number of carbonyl (C=O) groups is 1. The first-order chi connectivity index (χ1) is 9.49. The maximum atomic E-state index is 11.8. The molecular weight excluding hydrogens is 276 g/mol. The van der Waals surface area contributed by atoms with Crippen molar-refractivity contribution >= 4 is 15.9 Å². The van der Waals surface area contributed by atoms with Gasteiger partial charge in [0, 0.05) is 19.5 Å². The molecule has 0 bridgehead atoms. The lowest BCUT2D eigenvalue weighted by atomic mass is 10.1. The topological polar surface area (TPSA) is 75.3 Å². The molecule has 0 saturated carbocycles. The molecule has 1 aromatic rings. The van der Waals surface area contributed by atoms with Crippen LogP contribution in [0.5, 0.6) is 0 Å². The lowest BCUT2D eigenvalue weighted by molar-refractivity contribution is -0.121. The summed E-state index contributed by atoms with van der Waals surface area (Å²) < 4.78 is 25.9. The lowest BCUT2D eigenvalue weighted by Gasteiger charge is -2.07. The van der Waals surface area contributed by atoms with Crippen molar-refractivity contribution in [3.05, 3.63) is 29.8 Å². The van der Waals surface area contributed by atoms with Crippen molar-refractivity contribution in [1.82, 2.24) is 10.0 Å². The highest BCUT2D eigenvalue weighted by molar-refractivity contribution is 7.89. The van der Waals surface area contributed by atoms with Crippen LogP contribution in [-0.4, -0.2) is 27.4 Å². The van der Waals surface area contributed by atoms with Gasteiger partial charge in [-0.15, -0.1) is 0 Å². The van der Waals surface area contributed by atoms with E-state index in [0.717, 1.165) is 12.0 Å². The molecule has 5 nitrogen and oxygen atoms in total. The summed E-state index contributed by atoms with van der Waals surface area (Å²) in [5.74, 6) is 0.0545. The van der Waals surface area contributed by atoms with Crippen molar-refractivity contribution in [2.45, 2.75) is 38.0 Å². The Morgan fingerprint density at radius 1 is 1.15 bits per heavy atom. The highest BCUT2D eigenvalue weighted by Gasteiger charge is 2.11. The average Bonchev–Trinajstić information content (AvgIpc) is 2.39. The van der Waals surface area contributed by atoms with E-state index < -0.39 is 10.0 Å². The van der Waals surface area contributed by atoms with Crippen molar-refractivity contribution in [2.24, 2.45) is 0 Å². The van der Waals surface area contributed by atoms with E-state index in [-0.39, 0.29) is 10.8 Å². The van der Waals surface area contributed by atoms with Gasteiger partial charge in [-0.25, -0.2) is 13.1 Å². The molecule has 0 aliphatic heterocycles. The number of benzene rings is 1. The van der Waals surface area contributed by atoms with Gasteiger partial charge >= 0.3 is 0 Å². The van der Waals surface area contributed by atoms with Gasteiger partial charge in [0.15, 0.2) is 0 Å². The lowest BCUT2D eigenvalue weighted by Crippen LogP contribution is -2.25. The Balaban J connectivity index is 2.53. The van der Waals surface area contributed by atoms with E-state index in [9.17, 15) is 13.2 Å². The molecule has 0 fully saturated rings. The second-order valence-electron chi connectivity index (χ2n) is 4.50. The number of nitrogens with one attached hydrogen (secondary N) is 2. The fraction of sp³-hybridized carbons (Fsp3) is 0.500. The predicted octanol–water partition coefficient (Wildman–Crippen LogP) is 1.44. The Hall–Kier alpha value is -1.40. The summed E-state index contributed by atoms with van der Waals surface area (Å²) in [6, 6.07) is 6.72. The summed E-state index contributed by atoms with van der Waals surface area (Å²) >= 11 is 0. The number of rotatable bonds is 8. The van der Waals surface area contributed by atoms with Crippen LogP contribution in [0.25, 0.3) is 0 Å². The number of sulfonamides is 1. The fourth-order valence-electron chi connectivity index (χ4n) is 1.77. The van der Waals surface area contributed by atoms with Gasteiger partial charge in [0.05, 0.1) is 4.90 Å². The van der Waals surface area contributed by atoms with Gasteiger partial charge in [0.1, 0.15) is 0 Å². The molecule has 1 amide bonds. The average molecular weight is 298 g/mol. The van der Waals surface area contributed by atoms with Crippen LogP contribution < -0.4 is 10.0 Å². The minimum Gasteiger partial charge on any atom is -0.356 e. The van der Waals surface area contributed by atoms with Crippen molar-refractivity contribution in [3.8, 4) is 0 Å². The molecule has 1 rings (SSSR count). The summed E-state index contributed by atoms with van der Waals surface area (Å²) in [6.07, 6.45) is 2.07. The van der Waals surface area contributed by atoms with E-state index in [1.807, 2.05) is 6.92 Å². The summed E-state index contributed by atoms with van der Waals surface area (Å²) in [6.45, 7) is 4.64. The Morgan fingerprint density at radius 2 is 1.80 bits per heavy atom. The zero-order valence-electron chi connectivity index (χ0n) is 12.0. The monoisotopic (exact) mass is 298 g/mol. The maximum absolute atomic E-state index is 11.8. The number of hydrogen-bond donors (Lipinski definition) is 2. The van der Waals surface area contributed by atoms with Gasteiger partial charge in [-0.05, 0) is 30.5 Å². The third-order valence-corrected chi connectivity index (χ3v) is 4.34. The summed E-state index contributed by atoms with van der Waals surface area (Å²) in [4.78, 5) is 11.6. The van der Waals surface area contributed by atoms with E-state index >= 15 is 0 Å². The molecule has 2 N–H and O–H groups in total. The molecule has 0 aliphatic carbocycles. The van der Waals surface area contributed by atoms with Crippen molar-refractivity contribution in [2.75, 3.05) is 13.1 Å². The Labute approximate surface area is 120 Å². The first-order valence-electron chi connectivity index (χ1n) is 6.85. The van der Waals surface area contributed by atoms with E-state index in [4.69, 9.17) is 0 Å². The molecule has 0 atom stereocenters. The molecule has 112 valence electrons. The van der Waals surface area contributed by atoms with Gasteiger partial charge in [-0.3, -0.25) is 4.79 Å². The van der Waals surface area contributed by atoms with E-state index in [1.165, 1.54) is 0 Å². The van der Waals surface area contributed by atoms with Crippen LogP contribution in [0.1, 0.15) is 32.3 Å². The van der Waals surface area contributed by atoms with E-state index in [2.05, 4.69) is 10.0 Å². The van der Waals surface area contributed by atoms with Crippen molar-refractivity contribution in [3.63, 3.8) is 0 Å². The summed E-state index contributed by atoms with van der Waals surface area (Å²) in [5, 5.41) is 2.83. The summed E-state index contributed by atoms with van der Waals surface area (Å²) in [7, 11) is -3.39. The van der Waals surface area contributed by atoms with Crippen LogP contribution in [-0.2, 0) is 21.2 Å². The van der Waals surface area contributed by atoms with Crippen molar-refractivity contribution in [1.29, 1.82) is 0 Å². The van der Waals surface area contributed by atoms with Gasteiger partial charge < -0.3 is 5.32 Å². The van der Waals surface area contributed by atoms with Crippen LogP contribution in [0, 0.1) is 0 Å². The molecular formula is C14H22N2O3S. The Kier molecular flexibility index (Phi) is 6.67. The number of carbonyl (C=O) groups excluding carboxylic acids is 1. The fourth-order valence-corrected chi connectivity index (χ4v) is 2.81.